The summed E-state index contributed by atoms with van der Waals surface area (Å²) in [4.78, 5) is 5.81. The summed E-state index contributed by atoms with van der Waals surface area (Å²) < 4.78 is 5.11. The van der Waals surface area contributed by atoms with Crippen LogP contribution in [0.1, 0.15) is 36.3 Å². The Morgan fingerprint density at radius 2 is 2.07 bits per heavy atom. The van der Waals surface area contributed by atoms with Crippen LogP contribution >= 0.6 is 24.0 Å². The molecule has 0 aliphatic heterocycles. The van der Waals surface area contributed by atoms with E-state index in [9.17, 15) is 0 Å². The van der Waals surface area contributed by atoms with Crippen molar-refractivity contribution in [2.24, 2.45) is 0 Å². The zero-order chi connectivity index (χ0) is 10.8. The molecule has 1 aromatic rings. The Bertz CT molecular complexity index is 302. The Morgan fingerprint density at radius 3 is 2.50 bits per heavy atom. The zero-order valence-electron chi connectivity index (χ0n) is 9.13. The van der Waals surface area contributed by atoms with E-state index in [1.807, 2.05) is 0 Å². The minimum absolute atomic E-state index is 0.119. The highest BCUT2D eigenvalue weighted by molar-refractivity contribution is 7.79. The minimum atomic E-state index is 0.119. The molecule has 0 amide bonds. The molecule has 0 fully saturated rings. The first-order valence-corrected chi connectivity index (χ1v) is 6.02. The molecular weight excluding hydrogens is 214 g/mol. The first-order chi connectivity index (χ1) is 6.49. The quantitative estimate of drug-likeness (QED) is 0.808. The summed E-state index contributed by atoms with van der Waals surface area (Å²) in [5, 5.41) is 1.16. The van der Waals surface area contributed by atoms with E-state index in [2.05, 4.69) is 38.4 Å². The Labute approximate surface area is 95.1 Å². The summed E-state index contributed by atoms with van der Waals surface area (Å²) in [7, 11) is 1.69. The van der Waals surface area contributed by atoms with Crippen molar-refractivity contribution >= 4 is 24.0 Å². The zero-order valence-corrected chi connectivity index (χ0v) is 10.8. The van der Waals surface area contributed by atoms with Crippen molar-refractivity contribution in [3.63, 3.8) is 0 Å². The molecule has 14 heavy (non-hydrogen) atoms. The standard InChI is InChI=1S/C10H17NOS2/c1-10(2,3)9-11-7(5-12-4)8(6-13)14-9/h13H,5-6H2,1-4H3. The van der Waals surface area contributed by atoms with Crippen LogP contribution in [0.25, 0.3) is 0 Å². The van der Waals surface area contributed by atoms with Crippen molar-refractivity contribution in [2.75, 3.05) is 7.11 Å². The third kappa shape index (κ3) is 2.72. The Morgan fingerprint density at radius 1 is 1.43 bits per heavy atom. The molecule has 0 saturated carbocycles. The lowest BCUT2D eigenvalue weighted by molar-refractivity contribution is 0.181. The lowest BCUT2D eigenvalue weighted by atomic mass is 9.98. The van der Waals surface area contributed by atoms with Gasteiger partial charge in [0.25, 0.3) is 0 Å². The van der Waals surface area contributed by atoms with E-state index < -0.39 is 0 Å². The third-order valence-corrected chi connectivity index (χ3v) is 3.90. The van der Waals surface area contributed by atoms with Gasteiger partial charge in [0.2, 0.25) is 0 Å². The molecule has 0 aliphatic rings. The highest BCUT2D eigenvalue weighted by atomic mass is 32.1. The lowest BCUT2D eigenvalue weighted by Crippen LogP contribution is -2.10. The van der Waals surface area contributed by atoms with Gasteiger partial charge in [-0.15, -0.1) is 11.3 Å². The molecule has 0 aliphatic carbocycles. The van der Waals surface area contributed by atoms with Crippen LogP contribution in [0.3, 0.4) is 0 Å². The van der Waals surface area contributed by atoms with Gasteiger partial charge in [-0.05, 0) is 0 Å². The topological polar surface area (TPSA) is 22.1 Å². The van der Waals surface area contributed by atoms with Crippen LogP contribution in [0.4, 0.5) is 0 Å². The van der Waals surface area contributed by atoms with Crippen molar-refractivity contribution in [3.8, 4) is 0 Å². The molecule has 0 N–H and O–H groups in total. The van der Waals surface area contributed by atoms with Crippen LogP contribution in [0, 0.1) is 0 Å². The molecule has 1 rings (SSSR count). The largest absolute Gasteiger partial charge is 0.378 e. The molecular formula is C10H17NOS2. The SMILES string of the molecule is COCc1nc(C(C)(C)C)sc1CS. The third-order valence-electron chi connectivity index (χ3n) is 1.84. The predicted octanol–water partition coefficient (Wildman–Crippen LogP) is 3.02. The maximum Gasteiger partial charge on any atom is 0.0985 e. The summed E-state index contributed by atoms with van der Waals surface area (Å²) >= 11 is 6.04. The molecule has 0 unspecified atom stereocenters. The Hall–Kier alpha value is -0.0600. The van der Waals surface area contributed by atoms with E-state index in [4.69, 9.17) is 4.74 Å². The van der Waals surface area contributed by atoms with Crippen LogP contribution in [0.15, 0.2) is 0 Å². The molecule has 1 heterocycles. The first kappa shape index (κ1) is 12.0. The van der Waals surface area contributed by atoms with Crippen LogP contribution < -0.4 is 0 Å². The second-order valence-electron chi connectivity index (χ2n) is 4.23. The van der Waals surface area contributed by atoms with Gasteiger partial charge in [0.1, 0.15) is 0 Å². The normalized spacial score (nSPS) is 12.1. The molecule has 2 nitrogen and oxygen atoms in total. The fourth-order valence-electron chi connectivity index (χ4n) is 1.08. The average molecular weight is 231 g/mol. The van der Waals surface area contributed by atoms with Gasteiger partial charge in [-0.1, -0.05) is 20.8 Å². The number of hydrogen-bond donors (Lipinski definition) is 1. The van der Waals surface area contributed by atoms with Crippen molar-refractivity contribution in [3.05, 3.63) is 15.6 Å². The summed E-state index contributed by atoms with van der Waals surface area (Å²) in [6.07, 6.45) is 0. The van der Waals surface area contributed by atoms with E-state index in [0.29, 0.717) is 6.61 Å². The highest BCUT2D eigenvalue weighted by Crippen LogP contribution is 2.30. The number of thiol groups is 1. The van der Waals surface area contributed by atoms with Crippen molar-refractivity contribution in [1.29, 1.82) is 0 Å². The lowest BCUT2D eigenvalue weighted by Gasteiger charge is -2.13. The predicted molar refractivity (Wildman–Crippen MR) is 64.2 cm³/mol. The second kappa shape index (κ2) is 4.64. The van der Waals surface area contributed by atoms with Crippen LogP contribution in [0.2, 0.25) is 0 Å². The van der Waals surface area contributed by atoms with E-state index in [1.54, 1.807) is 18.4 Å². The Balaban J connectivity index is 3.00. The molecule has 4 heteroatoms. The van der Waals surface area contributed by atoms with E-state index in [0.717, 1.165) is 16.5 Å². The van der Waals surface area contributed by atoms with Gasteiger partial charge in [-0.2, -0.15) is 12.6 Å². The summed E-state index contributed by atoms with van der Waals surface area (Å²) in [5.74, 6) is 0.742. The van der Waals surface area contributed by atoms with Gasteiger partial charge in [0.05, 0.1) is 17.3 Å². The first-order valence-electron chi connectivity index (χ1n) is 4.58. The number of nitrogens with zero attached hydrogens (tertiary/aromatic N) is 1. The van der Waals surface area contributed by atoms with Gasteiger partial charge < -0.3 is 4.74 Å². The monoisotopic (exact) mass is 231 g/mol. The number of methoxy groups -OCH3 is 1. The molecule has 0 bridgehead atoms. The second-order valence-corrected chi connectivity index (χ2v) is 5.63. The van der Waals surface area contributed by atoms with Gasteiger partial charge in [0, 0.05) is 23.2 Å². The van der Waals surface area contributed by atoms with E-state index >= 15 is 0 Å². The summed E-state index contributed by atoms with van der Waals surface area (Å²) in [5.41, 5.74) is 1.16. The van der Waals surface area contributed by atoms with Crippen molar-refractivity contribution in [2.45, 2.75) is 38.5 Å². The smallest absolute Gasteiger partial charge is 0.0985 e. The molecule has 80 valence electrons. The van der Waals surface area contributed by atoms with Gasteiger partial charge in [-0.25, -0.2) is 4.98 Å². The van der Waals surface area contributed by atoms with Gasteiger partial charge in [0.15, 0.2) is 0 Å². The maximum atomic E-state index is 5.11. The average Bonchev–Trinajstić information content (AvgIpc) is 2.47. The number of thiazole rings is 1. The number of ether oxygens (including phenoxy) is 1. The molecule has 1 aromatic heterocycles. The highest BCUT2D eigenvalue weighted by Gasteiger charge is 2.20. The molecule has 0 aromatic carbocycles. The fourth-order valence-corrected chi connectivity index (χ4v) is 2.44. The van der Waals surface area contributed by atoms with Crippen LogP contribution in [-0.2, 0) is 22.5 Å². The summed E-state index contributed by atoms with van der Waals surface area (Å²) in [6, 6.07) is 0. The van der Waals surface area contributed by atoms with Crippen molar-refractivity contribution in [1.82, 2.24) is 4.98 Å². The van der Waals surface area contributed by atoms with E-state index in [1.165, 1.54) is 4.88 Å². The van der Waals surface area contributed by atoms with Gasteiger partial charge >= 0.3 is 0 Å². The number of hydrogen-bond acceptors (Lipinski definition) is 4. The van der Waals surface area contributed by atoms with E-state index in [-0.39, 0.29) is 5.41 Å². The van der Waals surface area contributed by atoms with Gasteiger partial charge in [-0.3, -0.25) is 0 Å². The molecule has 0 atom stereocenters. The number of aromatic nitrogens is 1. The molecule has 0 spiro atoms. The van der Waals surface area contributed by atoms with Crippen molar-refractivity contribution < 1.29 is 4.74 Å². The molecule has 0 saturated heterocycles. The minimum Gasteiger partial charge on any atom is -0.378 e. The van der Waals surface area contributed by atoms with Crippen LogP contribution in [-0.4, -0.2) is 12.1 Å². The molecule has 0 radical (unpaired) electrons. The summed E-state index contributed by atoms with van der Waals surface area (Å²) in [6.45, 7) is 7.10. The maximum absolute atomic E-state index is 5.11. The fraction of sp³-hybridized carbons (Fsp3) is 0.700. The van der Waals surface area contributed by atoms with Crippen LogP contribution in [0.5, 0.6) is 0 Å². The Kier molecular flexibility index (Phi) is 3.98. The number of rotatable bonds is 3.